The van der Waals surface area contributed by atoms with E-state index in [0.717, 1.165) is 77.5 Å². The van der Waals surface area contributed by atoms with Gasteiger partial charge in [-0.3, -0.25) is 0 Å². The first kappa shape index (κ1) is 28.1. The second-order valence-electron chi connectivity index (χ2n) is 10.4. The Balaban J connectivity index is 1.44. The third kappa shape index (κ3) is 6.05. The molecule has 1 aliphatic heterocycles. The molecule has 212 valence electrons. The maximum absolute atomic E-state index is 5.48. The summed E-state index contributed by atoms with van der Waals surface area (Å²) < 4.78 is 0. The van der Waals surface area contributed by atoms with Crippen LogP contribution in [-0.4, -0.2) is 21.6 Å². The van der Waals surface area contributed by atoms with Crippen LogP contribution in [0.25, 0.3) is 44.5 Å². The molecule has 1 saturated heterocycles. The summed E-state index contributed by atoms with van der Waals surface area (Å²) in [4.78, 5) is 11.0. The Morgan fingerprint density at radius 3 is 0.864 bits per heavy atom. The standard InChI is InChI=1S/C40H30N2S2/c1-5-15-29(16-6-1)33-23-13-24-34(30-17-7-2-8-18-30)37(33)41-39-40(44-28-27-43-39)42-38-35(31-19-9-3-10-20-31)25-14-26-36(38)32-21-11-4-12-22-32/h1-26H,27-28H2. The normalized spacial score (nSPS) is 15.0. The van der Waals surface area contributed by atoms with Crippen LogP contribution in [0.4, 0.5) is 11.4 Å². The Labute approximate surface area is 267 Å². The highest BCUT2D eigenvalue weighted by atomic mass is 32.2. The zero-order chi connectivity index (χ0) is 29.6. The van der Waals surface area contributed by atoms with Crippen LogP contribution in [0.15, 0.2) is 168 Å². The van der Waals surface area contributed by atoms with Crippen molar-refractivity contribution in [1.29, 1.82) is 0 Å². The Bertz CT molecular complexity index is 1670. The minimum atomic E-state index is 0.962. The van der Waals surface area contributed by atoms with E-state index in [1.54, 1.807) is 23.5 Å². The fourth-order valence-corrected chi connectivity index (χ4v) is 7.55. The molecule has 4 heteroatoms. The summed E-state index contributed by atoms with van der Waals surface area (Å²) in [7, 11) is 0. The molecular weight excluding hydrogens is 573 g/mol. The average Bonchev–Trinajstić information content (AvgIpc) is 3.11. The van der Waals surface area contributed by atoms with Crippen molar-refractivity contribution in [3.8, 4) is 44.5 Å². The SMILES string of the molecule is c1ccc(-c2cccc(-c3ccccc3)c2N=C2SCCSC2=Nc2c(-c3ccccc3)cccc2-c2ccccc2)cc1. The predicted octanol–water partition coefficient (Wildman–Crippen LogP) is 11.6. The van der Waals surface area contributed by atoms with Gasteiger partial charge in [0.1, 0.15) is 10.1 Å². The zero-order valence-corrected chi connectivity index (χ0v) is 25.8. The molecule has 1 fully saturated rings. The van der Waals surface area contributed by atoms with Crippen molar-refractivity contribution in [2.75, 3.05) is 11.5 Å². The number of hydrogen-bond donors (Lipinski definition) is 0. The van der Waals surface area contributed by atoms with Crippen LogP contribution in [0.5, 0.6) is 0 Å². The summed E-state index contributed by atoms with van der Waals surface area (Å²) in [5, 5.41) is 1.92. The van der Waals surface area contributed by atoms with Crippen molar-refractivity contribution in [3.05, 3.63) is 158 Å². The highest BCUT2D eigenvalue weighted by Crippen LogP contribution is 2.43. The van der Waals surface area contributed by atoms with Crippen molar-refractivity contribution < 1.29 is 0 Å². The van der Waals surface area contributed by atoms with Gasteiger partial charge in [-0.2, -0.15) is 0 Å². The van der Waals surface area contributed by atoms with Gasteiger partial charge in [0.05, 0.1) is 11.4 Å². The molecule has 0 radical (unpaired) electrons. The van der Waals surface area contributed by atoms with Gasteiger partial charge < -0.3 is 0 Å². The van der Waals surface area contributed by atoms with E-state index in [-0.39, 0.29) is 0 Å². The quantitative estimate of drug-likeness (QED) is 0.189. The third-order valence-electron chi connectivity index (χ3n) is 7.58. The van der Waals surface area contributed by atoms with Crippen LogP contribution in [0.1, 0.15) is 0 Å². The lowest BCUT2D eigenvalue weighted by Gasteiger charge is -2.19. The second-order valence-corrected chi connectivity index (χ2v) is 12.6. The first-order chi connectivity index (χ1) is 21.8. The lowest BCUT2D eigenvalue weighted by molar-refractivity contribution is 1.48. The molecule has 0 N–H and O–H groups in total. The second kappa shape index (κ2) is 13.3. The van der Waals surface area contributed by atoms with Gasteiger partial charge in [-0.1, -0.05) is 158 Å². The molecule has 0 amide bonds. The van der Waals surface area contributed by atoms with Crippen molar-refractivity contribution in [3.63, 3.8) is 0 Å². The van der Waals surface area contributed by atoms with Crippen LogP contribution >= 0.6 is 23.5 Å². The van der Waals surface area contributed by atoms with Gasteiger partial charge in [0.2, 0.25) is 0 Å². The third-order valence-corrected chi connectivity index (χ3v) is 9.90. The molecule has 0 aliphatic carbocycles. The summed E-state index contributed by atoms with van der Waals surface area (Å²) in [6.45, 7) is 0. The number of nitrogens with zero attached hydrogens (tertiary/aromatic N) is 2. The lowest BCUT2D eigenvalue weighted by atomic mass is 9.96. The maximum Gasteiger partial charge on any atom is 0.129 e. The topological polar surface area (TPSA) is 24.7 Å². The van der Waals surface area contributed by atoms with Crippen molar-refractivity contribution in [2.45, 2.75) is 0 Å². The van der Waals surface area contributed by atoms with E-state index in [4.69, 9.17) is 9.98 Å². The monoisotopic (exact) mass is 602 g/mol. The number of thioether (sulfide) groups is 2. The molecule has 6 aromatic carbocycles. The van der Waals surface area contributed by atoms with Gasteiger partial charge in [-0.15, -0.1) is 23.5 Å². The summed E-state index contributed by atoms with van der Waals surface area (Å²) in [6.07, 6.45) is 0. The van der Waals surface area contributed by atoms with E-state index in [9.17, 15) is 0 Å². The van der Waals surface area contributed by atoms with Crippen molar-refractivity contribution >= 4 is 45.0 Å². The van der Waals surface area contributed by atoms with Gasteiger partial charge in [-0.25, -0.2) is 9.98 Å². The molecule has 0 atom stereocenters. The van der Waals surface area contributed by atoms with Crippen molar-refractivity contribution in [1.82, 2.24) is 0 Å². The summed E-state index contributed by atoms with van der Waals surface area (Å²) >= 11 is 3.59. The van der Waals surface area contributed by atoms with E-state index in [1.807, 2.05) is 0 Å². The first-order valence-corrected chi connectivity index (χ1v) is 16.7. The smallest absolute Gasteiger partial charge is 0.129 e. The van der Waals surface area contributed by atoms with Gasteiger partial charge in [0.15, 0.2) is 0 Å². The van der Waals surface area contributed by atoms with Gasteiger partial charge >= 0.3 is 0 Å². The molecule has 0 aromatic heterocycles. The molecule has 1 heterocycles. The fourth-order valence-electron chi connectivity index (χ4n) is 5.49. The van der Waals surface area contributed by atoms with E-state index >= 15 is 0 Å². The molecule has 0 spiro atoms. The zero-order valence-electron chi connectivity index (χ0n) is 24.1. The number of para-hydroxylation sites is 2. The van der Waals surface area contributed by atoms with Crippen LogP contribution in [-0.2, 0) is 0 Å². The number of hydrogen-bond acceptors (Lipinski definition) is 4. The highest BCUT2D eigenvalue weighted by Gasteiger charge is 2.22. The van der Waals surface area contributed by atoms with Crippen LogP contribution in [0.3, 0.4) is 0 Å². The maximum atomic E-state index is 5.48. The Kier molecular flexibility index (Phi) is 8.53. The predicted molar refractivity (Wildman–Crippen MR) is 194 cm³/mol. The van der Waals surface area contributed by atoms with Crippen LogP contribution in [0, 0.1) is 0 Å². The van der Waals surface area contributed by atoms with Gasteiger partial charge in [-0.05, 0) is 22.3 Å². The van der Waals surface area contributed by atoms with E-state index < -0.39 is 0 Å². The van der Waals surface area contributed by atoms with E-state index in [1.165, 1.54) is 0 Å². The molecule has 6 aromatic rings. The Morgan fingerprint density at radius 1 is 0.318 bits per heavy atom. The molecule has 2 nitrogen and oxygen atoms in total. The van der Waals surface area contributed by atoms with Crippen LogP contribution < -0.4 is 0 Å². The Morgan fingerprint density at radius 2 is 0.591 bits per heavy atom. The number of rotatable bonds is 6. The minimum absolute atomic E-state index is 0.962. The average molecular weight is 603 g/mol. The van der Waals surface area contributed by atoms with Crippen molar-refractivity contribution in [2.24, 2.45) is 9.98 Å². The molecule has 1 aliphatic rings. The molecule has 0 saturated carbocycles. The van der Waals surface area contributed by atoms with Gasteiger partial charge in [0, 0.05) is 33.8 Å². The number of aliphatic imine (C=N–C) groups is 2. The lowest BCUT2D eigenvalue weighted by Crippen LogP contribution is -2.14. The summed E-state index contributed by atoms with van der Waals surface area (Å²) in [5.74, 6) is 1.98. The molecule has 0 bridgehead atoms. The Hall–Kier alpha value is -4.64. The summed E-state index contributed by atoms with van der Waals surface area (Å²) in [5.41, 5.74) is 11.0. The first-order valence-electron chi connectivity index (χ1n) is 14.8. The number of benzene rings is 6. The van der Waals surface area contributed by atoms with E-state index in [2.05, 4.69) is 158 Å². The molecular formula is C40H30N2S2. The minimum Gasteiger partial charge on any atom is -0.238 e. The van der Waals surface area contributed by atoms with E-state index in [0.29, 0.717) is 0 Å². The fraction of sp³-hybridized carbons (Fsp3) is 0.0500. The van der Waals surface area contributed by atoms with Crippen LogP contribution in [0.2, 0.25) is 0 Å². The van der Waals surface area contributed by atoms with Gasteiger partial charge in [0.25, 0.3) is 0 Å². The molecule has 44 heavy (non-hydrogen) atoms. The largest absolute Gasteiger partial charge is 0.238 e. The highest BCUT2D eigenvalue weighted by molar-refractivity contribution is 8.27. The summed E-state index contributed by atoms with van der Waals surface area (Å²) in [6, 6.07) is 55.2. The molecule has 7 rings (SSSR count). The molecule has 0 unspecified atom stereocenters.